The molecule has 1 rings (SSSR count). The van der Waals surface area contributed by atoms with Crippen LogP contribution < -0.4 is 0 Å². The van der Waals surface area contributed by atoms with Crippen LogP contribution in [0.4, 0.5) is 0 Å². The quantitative estimate of drug-likeness (QED) is 0.508. The van der Waals surface area contributed by atoms with Crippen LogP contribution in [0.1, 0.15) is 39.0 Å². The third-order valence-corrected chi connectivity index (χ3v) is 2.55. The molecule has 4 heteroatoms. The van der Waals surface area contributed by atoms with Crippen molar-refractivity contribution in [3.63, 3.8) is 0 Å². The van der Waals surface area contributed by atoms with Gasteiger partial charge in [0, 0.05) is 18.8 Å². The van der Waals surface area contributed by atoms with Gasteiger partial charge in [-0.25, -0.2) is 0 Å². The summed E-state index contributed by atoms with van der Waals surface area (Å²) in [5.41, 5.74) is 0. The van der Waals surface area contributed by atoms with Crippen LogP contribution in [-0.4, -0.2) is 24.1 Å². The van der Waals surface area contributed by atoms with Crippen molar-refractivity contribution in [3.05, 3.63) is 0 Å². The Morgan fingerprint density at radius 1 is 1.47 bits per heavy atom. The van der Waals surface area contributed by atoms with Gasteiger partial charge < -0.3 is 4.74 Å². The Morgan fingerprint density at radius 2 is 2.20 bits per heavy atom. The molecule has 0 amide bonds. The molecule has 0 saturated heterocycles. The van der Waals surface area contributed by atoms with Crippen molar-refractivity contribution >= 4 is 17.5 Å². The minimum atomic E-state index is -0.493. The number of esters is 1. The van der Waals surface area contributed by atoms with Crippen molar-refractivity contribution in [1.29, 1.82) is 0 Å². The molecule has 1 fully saturated rings. The first-order valence-corrected chi connectivity index (χ1v) is 5.33. The van der Waals surface area contributed by atoms with Gasteiger partial charge in [0.2, 0.25) is 0 Å². The number of carbonyl (C=O) groups is 3. The van der Waals surface area contributed by atoms with E-state index >= 15 is 0 Å². The Morgan fingerprint density at radius 3 is 2.73 bits per heavy atom. The number of ketones is 2. The van der Waals surface area contributed by atoms with Gasteiger partial charge in [-0.2, -0.15) is 0 Å². The monoisotopic (exact) mass is 212 g/mol. The standard InChI is InChI=1S/C11H16O4/c1-2-15-11(14)7-9(12)6-8-4-3-5-10(8)13/h8H,2-7H2,1H3. The summed E-state index contributed by atoms with van der Waals surface area (Å²) in [7, 11) is 0. The fourth-order valence-electron chi connectivity index (χ4n) is 1.82. The van der Waals surface area contributed by atoms with Crippen LogP contribution in [0, 0.1) is 5.92 Å². The molecule has 0 N–H and O–H groups in total. The summed E-state index contributed by atoms with van der Waals surface area (Å²) in [6.07, 6.45) is 2.25. The number of hydrogen-bond donors (Lipinski definition) is 0. The molecule has 0 heterocycles. The van der Waals surface area contributed by atoms with E-state index in [0.29, 0.717) is 6.42 Å². The molecule has 1 atom stereocenters. The highest BCUT2D eigenvalue weighted by molar-refractivity contribution is 5.98. The fraction of sp³-hybridized carbons (Fsp3) is 0.727. The van der Waals surface area contributed by atoms with Crippen LogP contribution in [-0.2, 0) is 19.1 Å². The zero-order chi connectivity index (χ0) is 11.3. The molecular weight excluding hydrogens is 196 g/mol. The van der Waals surface area contributed by atoms with Crippen molar-refractivity contribution in [2.45, 2.75) is 39.0 Å². The van der Waals surface area contributed by atoms with Crippen LogP contribution in [0.25, 0.3) is 0 Å². The van der Waals surface area contributed by atoms with E-state index in [4.69, 9.17) is 0 Å². The molecule has 0 aromatic rings. The Labute approximate surface area is 89.0 Å². The SMILES string of the molecule is CCOC(=O)CC(=O)CC1CCCC1=O. The van der Waals surface area contributed by atoms with Crippen molar-refractivity contribution in [2.24, 2.45) is 5.92 Å². The first-order valence-electron chi connectivity index (χ1n) is 5.33. The van der Waals surface area contributed by atoms with Crippen LogP contribution in [0.5, 0.6) is 0 Å². The van der Waals surface area contributed by atoms with E-state index in [1.807, 2.05) is 0 Å². The topological polar surface area (TPSA) is 60.4 Å². The van der Waals surface area contributed by atoms with Gasteiger partial charge >= 0.3 is 5.97 Å². The van der Waals surface area contributed by atoms with Gasteiger partial charge in [0.15, 0.2) is 0 Å². The Hall–Kier alpha value is -1.19. The van der Waals surface area contributed by atoms with E-state index in [9.17, 15) is 14.4 Å². The molecule has 0 radical (unpaired) electrons. The maximum atomic E-state index is 11.4. The van der Waals surface area contributed by atoms with Gasteiger partial charge in [-0.3, -0.25) is 14.4 Å². The second-order valence-electron chi connectivity index (χ2n) is 3.78. The molecule has 84 valence electrons. The lowest BCUT2D eigenvalue weighted by atomic mass is 9.99. The summed E-state index contributed by atoms with van der Waals surface area (Å²) >= 11 is 0. The van der Waals surface area contributed by atoms with Gasteiger partial charge in [0.1, 0.15) is 18.0 Å². The Bertz CT molecular complexity index is 270. The first kappa shape index (κ1) is 11.9. The zero-order valence-electron chi connectivity index (χ0n) is 8.95. The minimum Gasteiger partial charge on any atom is -0.466 e. The van der Waals surface area contributed by atoms with Gasteiger partial charge in [-0.05, 0) is 19.8 Å². The maximum absolute atomic E-state index is 11.4. The fourth-order valence-corrected chi connectivity index (χ4v) is 1.82. The largest absolute Gasteiger partial charge is 0.466 e. The van der Waals surface area contributed by atoms with Gasteiger partial charge in [-0.1, -0.05) is 0 Å². The average Bonchev–Trinajstić information content (AvgIpc) is 2.52. The van der Waals surface area contributed by atoms with E-state index in [1.54, 1.807) is 6.92 Å². The van der Waals surface area contributed by atoms with Crippen molar-refractivity contribution in [3.8, 4) is 0 Å². The first-order chi connectivity index (χ1) is 7.13. The molecule has 0 aromatic heterocycles. The maximum Gasteiger partial charge on any atom is 0.313 e. The van der Waals surface area contributed by atoms with Crippen LogP contribution in [0.2, 0.25) is 0 Å². The summed E-state index contributed by atoms with van der Waals surface area (Å²) in [4.78, 5) is 33.6. The van der Waals surface area contributed by atoms with Crippen molar-refractivity contribution in [2.75, 3.05) is 6.61 Å². The minimum absolute atomic E-state index is 0.146. The van der Waals surface area contributed by atoms with Crippen molar-refractivity contribution < 1.29 is 19.1 Å². The predicted molar refractivity (Wildman–Crippen MR) is 53.2 cm³/mol. The second-order valence-corrected chi connectivity index (χ2v) is 3.78. The van der Waals surface area contributed by atoms with Crippen LogP contribution in [0.3, 0.4) is 0 Å². The van der Waals surface area contributed by atoms with E-state index in [0.717, 1.165) is 12.8 Å². The highest BCUT2D eigenvalue weighted by Gasteiger charge is 2.27. The summed E-state index contributed by atoms with van der Waals surface area (Å²) in [6, 6.07) is 0. The molecule has 1 saturated carbocycles. The summed E-state index contributed by atoms with van der Waals surface area (Å²) in [6.45, 7) is 1.98. The molecule has 0 spiro atoms. The number of hydrogen-bond acceptors (Lipinski definition) is 4. The number of rotatable bonds is 5. The van der Waals surface area contributed by atoms with Gasteiger partial charge in [0.25, 0.3) is 0 Å². The highest BCUT2D eigenvalue weighted by atomic mass is 16.5. The van der Waals surface area contributed by atoms with Crippen molar-refractivity contribution in [1.82, 2.24) is 0 Å². The Kier molecular flexibility index (Phi) is 4.46. The highest BCUT2D eigenvalue weighted by Crippen LogP contribution is 2.24. The van der Waals surface area contributed by atoms with Gasteiger partial charge in [-0.15, -0.1) is 0 Å². The van der Waals surface area contributed by atoms with Crippen LogP contribution in [0.15, 0.2) is 0 Å². The van der Waals surface area contributed by atoms with Crippen LogP contribution >= 0.6 is 0 Å². The van der Waals surface area contributed by atoms with E-state index < -0.39 is 5.97 Å². The normalized spacial score (nSPS) is 20.3. The number of Topliss-reactive ketones (excluding diaryl/α,β-unsaturated/α-hetero) is 2. The third kappa shape index (κ3) is 3.81. The lowest BCUT2D eigenvalue weighted by Gasteiger charge is -2.06. The molecule has 15 heavy (non-hydrogen) atoms. The lowest BCUT2D eigenvalue weighted by molar-refractivity contribution is -0.146. The molecule has 0 aromatic carbocycles. The zero-order valence-corrected chi connectivity index (χ0v) is 8.95. The summed E-state index contributed by atoms with van der Waals surface area (Å²) in [5.74, 6) is -0.666. The number of carbonyl (C=O) groups excluding carboxylic acids is 3. The third-order valence-electron chi connectivity index (χ3n) is 2.55. The van der Waals surface area contributed by atoms with E-state index in [1.165, 1.54) is 0 Å². The molecule has 0 aliphatic heterocycles. The average molecular weight is 212 g/mol. The lowest BCUT2D eigenvalue weighted by Crippen LogP contribution is -2.16. The number of ether oxygens (including phenoxy) is 1. The van der Waals surface area contributed by atoms with E-state index in [2.05, 4.69) is 4.74 Å². The summed E-state index contributed by atoms with van der Waals surface area (Å²) < 4.78 is 4.66. The molecule has 1 unspecified atom stereocenters. The second kappa shape index (κ2) is 5.63. The predicted octanol–water partition coefficient (Wildman–Crippen LogP) is 1.27. The smallest absolute Gasteiger partial charge is 0.313 e. The van der Waals surface area contributed by atoms with Gasteiger partial charge in [0.05, 0.1) is 6.61 Å². The van der Waals surface area contributed by atoms with E-state index in [-0.39, 0.29) is 36.9 Å². The molecule has 0 bridgehead atoms. The molecule has 4 nitrogen and oxygen atoms in total. The Balaban J connectivity index is 2.29. The molecule has 1 aliphatic rings. The molecular formula is C11H16O4. The summed E-state index contributed by atoms with van der Waals surface area (Å²) in [5, 5.41) is 0. The molecule has 1 aliphatic carbocycles.